The van der Waals surface area contributed by atoms with E-state index in [-0.39, 0.29) is 22.2 Å². The number of carbonyl (C=O) groups excluding carboxylic acids is 1. The summed E-state index contributed by atoms with van der Waals surface area (Å²) in [6.07, 6.45) is 0. The number of hydrogen-bond donors (Lipinski definition) is 3. The van der Waals surface area contributed by atoms with E-state index in [1.54, 1.807) is 6.07 Å². The van der Waals surface area contributed by atoms with E-state index in [2.05, 4.69) is 5.32 Å². The summed E-state index contributed by atoms with van der Waals surface area (Å²) in [5.74, 6) is -0.344. The Labute approximate surface area is 133 Å². The van der Waals surface area contributed by atoms with Crippen molar-refractivity contribution in [1.82, 2.24) is 5.32 Å². The van der Waals surface area contributed by atoms with Crippen molar-refractivity contribution in [3.8, 4) is 0 Å². The van der Waals surface area contributed by atoms with E-state index in [4.69, 9.17) is 34.7 Å². The first-order chi connectivity index (χ1) is 9.88. The molecule has 110 valence electrons. The molecule has 2 aromatic rings. The number of benzene rings is 2. The molecule has 0 aliphatic heterocycles. The quantitative estimate of drug-likeness (QED) is 0.757. The van der Waals surface area contributed by atoms with Crippen LogP contribution in [0.2, 0.25) is 10.0 Å². The fourth-order valence-electron chi connectivity index (χ4n) is 1.95. The highest BCUT2D eigenvalue weighted by Crippen LogP contribution is 2.27. The van der Waals surface area contributed by atoms with Crippen LogP contribution in [0.5, 0.6) is 0 Å². The number of halogens is 2. The molecule has 0 heterocycles. The molecule has 0 aliphatic carbocycles. The van der Waals surface area contributed by atoms with Crippen molar-refractivity contribution >= 4 is 40.5 Å². The predicted octanol–water partition coefficient (Wildman–Crippen LogP) is 3.40. The van der Waals surface area contributed by atoms with Crippen LogP contribution in [-0.4, -0.2) is 5.91 Å². The topological polar surface area (TPSA) is 81.1 Å². The number of anilines is 2. The van der Waals surface area contributed by atoms with Crippen molar-refractivity contribution in [1.29, 1.82) is 0 Å². The van der Waals surface area contributed by atoms with E-state index >= 15 is 0 Å². The molecule has 5 N–H and O–H groups in total. The van der Waals surface area contributed by atoms with Gasteiger partial charge >= 0.3 is 0 Å². The highest BCUT2D eigenvalue weighted by molar-refractivity contribution is 6.37. The minimum atomic E-state index is -0.344. The van der Waals surface area contributed by atoms with Crippen LogP contribution >= 0.6 is 23.2 Å². The van der Waals surface area contributed by atoms with E-state index in [1.807, 2.05) is 19.1 Å². The molecule has 0 bridgehead atoms. The van der Waals surface area contributed by atoms with Crippen LogP contribution in [-0.2, 0) is 6.54 Å². The molecule has 0 aliphatic rings. The zero-order chi connectivity index (χ0) is 15.6. The Morgan fingerprint density at radius 1 is 1.14 bits per heavy atom. The van der Waals surface area contributed by atoms with Crippen LogP contribution in [0.15, 0.2) is 30.3 Å². The summed E-state index contributed by atoms with van der Waals surface area (Å²) in [7, 11) is 0. The summed E-state index contributed by atoms with van der Waals surface area (Å²) in [5.41, 5.74) is 14.6. The lowest BCUT2D eigenvalue weighted by molar-refractivity contribution is 0.0952. The van der Waals surface area contributed by atoms with Crippen molar-refractivity contribution in [3.63, 3.8) is 0 Å². The van der Waals surface area contributed by atoms with Gasteiger partial charge in [0.2, 0.25) is 0 Å². The van der Waals surface area contributed by atoms with E-state index in [0.717, 1.165) is 16.8 Å². The summed E-state index contributed by atoms with van der Waals surface area (Å²) < 4.78 is 0. The number of carbonyl (C=O) groups is 1. The summed E-state index contributed by atoms with van der Waals surface area (Å²) in [4.78, 5) is 12.2. The van der Waals surface area contributed by atoms with Gasteiger partial charge in [0.05, 0.1) is 10.6 Å². The Morgan fingerprint density at radius 3 is 2.48 bits per heavy atom. The molecule has 0 radical (unpaired) electrons. The third-order valence-electron chi connectivity index (χ3n) is 3.10. The molecule has 0 spiro atoms. The minimum absolute atomic E-state index is 0.228. The molecule has 0 saturated heterocycles. The maximum absolute atomic E-state index is 12.2. The zero-order valence-electron chi connectivity index (χ0n) is 11.4. The normalized spacial score (nSPS) is 10.4. The lowest BCUT2D eigenvalue weighted by Crippen LogP contribution is -2.24. The first-order valence-corrected chi connectivity index (χ1v) is 7.02. The molecule has 0 unspecified atom stereocenters. The predicted molar refractivity (Wildman–Crippen MR) is 87.6 cm³/mol. The van der Waals surface area contributed by atoms with Gasteiger partial charge in [-0.3, -0.25) is 4.79 Å². The van der Waals surface area contributed by atoms with Crippen molar-refractivity contribution in [2.24, 2.45) is 0 Å². The summed E-state index contributed by atoms with van der Waals surface area (Å²) >= 11 is 11.8. The Balaban J connectivity index is 2.13. The van der Waals surface area contributed by atoms with Crippen molar-refractivity contribution in [2.45, 2.75) is 13.5 Å². The van der Waals surface area contributed by atoms with Crippen molar-refractivity contribution in [2.75, 3.05) is 11.5 Å². The Hall–Kier alpha value is -1.91. The van der Waals surface area contributed by atoms with Crippen LogP contribution in [0.3, 0.4) is 0 Å². The molecule has 0 atom stereocenters. The van der Waals surface area contributed by atoms with Gasteiger partial charge in [0.25, 0.3) is 5.91 Å². The van der Waals surface area contributed by atoms with Gasteiger partial charge in [-0.15, -0.1) is 0 Å². The maximum Gasteiger partial charge on any atom is 0.255 e. The molecule has 4 nitrogen and oxygen atoms in total. The van der Waals surface area contributed by atoms with Crippen LogP contribution < -0.4 is 16.8 Å². The Kier molecular flexibility index (Phi) is 4.60. The van der Waals surface area contributed by atoms with Crippen LogP contribution in [0, 0.1) is 6.92 Å². The van der Waals surface area contributed by atoms with E-state index < -0.39 is 0 Å². The van der Waals surface area contributed by atoms with E-state index in [9.17, 15) is 4.79 Å². The van der Waals surface area contributed by atoms with Crippen LogP contribution in [0.4, 0.5) is 11.4 Å². The monoisotopic (exact) mass is 323 g/mol. The highest BCUT2D eigenvalue weighted by atomic mass is 35.5. The minimum Gasteiger partial charge on any atom is -0.399 e. The Morgan fingerprint density at radius 2 is 1.86 bits per heavy atom. The number of nitrogens with two attached hydrogens (primary N) is 2. The van der Waals surface area contributed by atoms with E-state index in [0.29, 0.717) is 11.6 Å². The smallest absolute Gasteiger partial charge is 0.255 e. The van der Waals surface area contributed by atoms with Gasteiger partial charge in [-0.2, -0.15) is 0 Å². The first-order valence-electron chi connectivity index (χ1n) is 6.26. The molecular weight excluding hydrogens is 309 g/mol. The summed E-state index contributed by atoms with van der Waals surface area (Å²) in [6, 6.07) is 8.57. The lowest BCUT2D eigenvalue weighted by atomic mass is 10.1. The second-order valence-corrected chi connectivity index (χ2v) is 5.57. The van der Waals surface area contributed by atoms with Gasteiger partial charge < -0.3 is 16.8 Å². The molecule has 2 rings (SSSR count). The molecule has 2 aromatic carbocycles. The largest absolute Gasteiger partial charge is 0.399 e. The number of nitrogens with one attached hydrogen (secondary N) is 1. The molecule has 6 heteroatoms. The third kappa shape index (κ3) is 3.60. The fourth-order valence-corrected chi connectivity index (χ4v) is 2.55. The van der Waals surface area contributed by atoms with E-state index in [1.165, 1.54) is 12.1 Å². The van der Waals surface area contributed by atoms with Gasteiger partial charge in [-0.25, -0.2) is 0 Å². The molecule has 0 fully saturated rings. The standard InChI is InChI=1S/C15H15Cl2N3O/c1-8-4-9(2-3-12(8)18)7-20-15(21)14-11(17)5-10(16)6-13(14)19/h2-6H,7,18-19H2,1H3,(H,20,21). The van der Waals surface area contributed by atoms with Crippen LogP contribution in [0.25, 0.3) is 0 Å². The number of amides is 1. The maximum atomic E-state index is 12.2. The summed E-state index contributed by atoms with van der Waals surface area (Å²) in [6.45, 7) is 2.27. The second-order valence-electron chi connectivity index (χ2n) is 4.73. The molecule has 0 saturated carbocycles. The second kappa shape index (κ2) is 6.24. The SMILES string of the molecule is Cc1cc(CNC(=O)c2c(N)cc(Cl)cc2Cl)ccc1N. The third-order valence-corrected chi connectivity index (χ3v) is 3.62. The fraction of sp³-hybridized carbons (Fsp3) is 0.133. The van der Waals surface area contributed by atoms with Crippen LogP contribution in [0.1, 0.15) is 21.5 Å². The van der Waals surface area contributed by atoms with Crippen molar-refractivity contribution < 1.29 is 4.79 Å². The summed E-state index contributed by atoms with van der Waals surface area (Å²) in [5, 5.41) is 3.40. The molecule has 1 amide bonds. The molecular formula is C15H15Cl2N3O. The number of nitrogen functional groups attached to an aromatic ring is 2. The number of aryl methyl sites for hydroxylation is 1. The van der Waals surface area contributed by atoms with Gasteiger partial charge in [0.1, 0.15) is 0 Å². The average molecular weight is 324 g/mol. The molecule has 21 heavy (non-hydrogen) atoms. The van der Waals surface area contributed by atoms with Gasteiger partial charge in [0, 0.05) is 22.9 Å². The van der Waals surface area contributed by atoms with Gasteiger partial charge in [0.15, 0.2) is 0 Å². The lowest BCUT2D eigenvalue weighted by Gasteiger charge is -2.11. The first kappa shape index (κ1) is 15.5. The van der Waals surface area contributed by atoms with Gasteiger partial charge in [-0.1, -0.05) is 35.3 Å². The number of rotatable bonds is 3. The van der Waals surface area contributed by atoms with Crippen molar-refractivity contribution in [3.05, 3.63) is 57.1 Å². The highest BCUT2D eigenvalue weighted by Gasteiger charge is 2.15. The molecule has 0 aromatic heterocycles. The number of hydrogen-bond acceptors (Lipinski definition) is 3. The average Bonchev–Trinajstić information content (AvgIpc) is 2.39. The zero-order valence-corrected chi connectivity index (χ0v) is 12.9. The Bertz CT molecular complexity index is 678. The van der Waals surface area contributed by atoms with Gasteiger partial charge in [-0.05, 0) is 36.2 Å².